The minimum Gasteiger partial charge on any atom is -0.480 e. The van der Waals surface area contributed by atoms with E-state index >= 15 is 0 Å². The summed E-state index contributed by atoms with van der Waals surface area (Å²) in [6.07, 6.45) is 4.02. The minimum atomic E-state index is -0.880. The van der Waals surface area contributed by atoms with Crippen molar-refractivity contribution in [2.75, 3.05) is 7.05 Å². The lowest BCUT2D eigenvalue weighted by Crippen LogP contribution is -2.45. The van der Waals surface area contributed by atoms with E-state index in [0.717, 1.165) is 25.7 Å². The number of hydrogen-bond donors (Lipinski definition) is 1. The number of carboxylic acids is 1. The molecule has 0 saturated heterocycles. The zero-order valence-corrected chi connectivity index (χ0v) is 8.69. The van der Waals surface area contributed by atoms with Gasteiger partial charge in [0.2, 0.25) is 5.91 Å². The second kappa shape index (κ2) is 4.44. The van der Waals surface area contributed by atoms with Crippen LogP contribution in [0.4, 0.5) is 0 Å². The Labute approximate surface area is 83.9 Å². The number of aliphatic carboxylic acids is 1. The van der Waals surface area contributed by atoms with Gasteiger partial charge >= 0.3 is 5.97 Å². The molecule has 1 amide bonds. The molecule has 1 unspecified atom stereocenters. The summed E-state index contributed by atoms with van der Waals surface area (Å²) >= 11 is 0. The highest BCUT2D eigenvalue weighted by Crippen LogP contribution is 2.30. The Kier molecular flexibility index (Phi) is 3.49. The van der Waals surface area contributed by atoms with Gasteiger partial charge in [-0.1, -0.05) is 12.8 Å². The molecule has 0 aromatic heterocycles. The van der Waals surface area contributed by atoms with Crippen molar-refractivity contribution in [1.82, 2.24) is 4.90 Å². The molecule has 0 radical (unpaired) electrons. The summed E-state index contributed by atoms with van der Waals surface area (Å²) in [5.74, 6) is -0.916. The van der Waals surface area contributed by atoms with Gasteiger partial charge in [0.05, 0.1) is 0 Å². The third-order valence-corrected chi connectivity index (χ3v) is 3.01. The first-order valence-electron chi connectivity index (χ1n) is 5.00. The number of carbonyl (C=O) groups excluding carboxylic acids is 1. The van der Waals surface area contributed by atoms with Gasteiger partial charge in [0.15, 0.2) is 0 Å². The Hall–Kier alpha value is -1.06. The largest absolute Gasteiger partial charge is 0.480 e. The fourth-order valence-electron chi connectivity index (χ4n) is 2.15. The molecule has 0 aromatic rings. The number of carboxylic acid groups (broad SMARTS) is 1. The van der Waals surface area contributed by atoms with Crippen LogP contribution < -0.4 is 0 Å². The molecule has 4 heteroatoms. The first-order chi connectivity index (χ1) is 6.54. The fraction of sp³-hybridized carbons (Fsp3) is 0.800. The van der Waals surface area contributed by atoms with Crippen LogP contribution in [0.3, 0.4) is 0 Å². The summed E-state index contributed by atoms with van der Waals surface area (Å²) in [5.41, 5.74) is 0. The fourth-order valence-corrected chi connectivity index (χ4v) is 2.15. The van der Waals surface area contributed by atoms with E-state index in [2.05, 4.69) is 0 Å². The van der Waals surface area contributed by atoms with Crippen LogP contribution >= 0.6 is 0 Å². The normalized spacial score (nSPS) is 19.3. The summed E-state index contributed by atoms with van der Waals surface area (Å²) < 4.78 is 0. The van der Waals surface area contributed by atoms with Gasteiger partial charge in [-0.2, -0.15) is 0 Å². The first kappa shape index (κ1) is 11.0. The topological polar surface area (TPSA) is 57.6 Å². The highest BCUT2D eigenvalue weighted by Gasteiger charge is 2.34. The average molecular weight is 199 g/mol. The maximum Gasteiger partial charge on any atom is 0.326 e. The third kappa shape index (κ3) is 2.25. The van der Waals surface area contributed by atoms with E-state index < -0.39 is 12.0 Å². The molecular formula is C10H17NO3. The van der Waals surface area contributed by atoms with E-state index in [0.29, 0.717) is 0 Å². The SMILES string of the molecule is CC(=O)N(C)C(C(=O)O)C1CCCC1. The molecule has 1 saturated carbocycles. The molecule has 1 rings (SSSR count). The summed E-state index contributed by atoms with van der Waals surface area (Å²) in [5, 5.41) is 9.06. The van der Waals surface area contributed by atoms with Crippen LogP contribution in [-0.2, 0) is 9.59 Å². The molecule has 1 fully saturated rings. The predicted octanol–water partition coefficient (Wildman–Crippen LogP) is 1.11. The van der Waals surface area contributed by atoms with Crippen LogP contribution in [0.2, 0.25) is 0 Å². The highest BCUT2D eigenvalue weighted by atomic mass is 16.4. The number of carbonyl (C=O) groups is 2. The summed E-state index contributed by atoms with van der Waals surface area (Å²) in [7, 11) is 1.57. The lowest BCUT2D eigenvalue weighted by molar-refractivity contribution is -0.150. The van der Waals surface area contributed by atoms with E-state index in [1.807, 2.05) is 0 Å². The number of amides is 1. The predicted molar refractivity (Wildman–Crippen MR) is 51.8 cm³/mol. The molecule has 1 aliphatic rings. The van der Waals surface area contributed by atoms with Crippen LogP contribution in [0.5, 0.6) is 0 Å². The van der Waals surface area contributed by atoms with Crippen LogP contribution in [0.1, 0.15) is 32.6 Å². The lowest BCUT2D eigenvalue weighted by Gasteiger charge is -2.28. The van der Waals surface area contributed by atoms with Crippen molar-refractivity contribution < 1.29 is 14.7 Å². The average Bonchev–Trinajstić information content (AvgIpc) is 2.56. The maximum atomic E-state index is 11.1. The quantitative estimate of drug-likeness (QED) is 0.740. The van der Waals surface area contributed by atoms with E-state index in [-0.39, 0.29) is 11.8 Å². The van der Waals surface area contributed by atoms with Crippen molar-refractivity contribution in [3.05, 3.63) is 0 Å². The Bertz CT molecular complexity index is 234. The number of hydrogen-bond acceptors (Lipinski definition) is 2. The zero-order valence-electron chi connectivity index (χ0n) is 8.69. The molecule has 1 N–H and O–H groups in total. The standard InChI is InChI=1S/C10H17NO3/c1-7(12)11(2)9(10(13)14)8-5-3-4-6-8/h8-9H,3-6H2,1-2H3,(H,13,14). The Morgan fingerprint density at radius 3 is 2.21 bits per heavy atom. The molecule has 1 aliphatic carbocycles. The minimum absolute atomic E-state index is 0.140. The molecule has 1 atom stereocenters. The molecule has 0 aromatic carbocycles. The van der Waals surface area contributed by atoms with E-state index in [9.17, 15) is 9.59 Å². The monoisotopic (exact) mass is 199 g/mol. The first-order valence-corrected chi connectivity index (χ1v) is 5.00. The van der Waals surface area contributed by atoms with Crippen LogP contribution in [0, 0.1) is 5.92 Å². The molecular weight excluding hydrogens is 182 g/mol. The van der Waals surface area contributed by atoms with E-state index in [4.69, 9.17) is 5.11 Å². The van der Waals surface area contributed by atoms with Gasteiger partial charge in [-0.05, 0) is 18.8 Å². The van der Waals surface area contributed by atoms with Crippen LogP contribution in [0.25, 0.3) is 0 Å². The second-order valence-electron chi connectivity index (χ2n) is 3.96. The lowest BCUT2D eigenvalue weighted by atomic mass is 9.97. The van der Waals surface area contributed by atoms with Crippen LogP contribution in [-0.4, -0.2) is 35.0 Å². The van der Waals surface area contributed by atoms with Gasteiger partial charge in [-0.25, -0.2) is 4.79 Å². The van der Waals surface area contributed by atoms with Gasteiger partial charge < -0.3 is 10.0 Å². The van der Waals surface area contributed by atoms with Crippen molar-refractivity contribution in [1.29, 1.82) is 0 Å². The smallest absolute Gasteiger partial charge is 0.326 e. The number of rotatable bonds is 3. The Morgan fingerprint density at radius 1 is 1.36 bits per heavy atom. The highest BCUT2D eigenvalue weighted by molar-refractivity contribution is 5.82. The van der Waals surface area contributed by atoms with E-state index in [1.165, 1.54) is 11.8 Å². The molecule has 14 heavy (non-hydrogen) atoms. The van der Waals surface area contributed by atoms with Crippen molar-refractivity contribution in [2.45, 2.75) is 38.6 Å². The third-order valence-electron chi connectivity index (χ3n) is 3.01. The Balaban J connectivity index is 2.72. The van der Waals surface area contributed by atoms with Gasteiger partial charge in [0.1, 0.15) is 6.04 Å². The van der Waals surface area contributed by atoms with Gasteiger partial charge in [-0.3, -0.25) is 4.79 Å². The molecule has 0 spiro atoms. The molecule has 80 valence electrons. The second-order valence-corrected chi connectivity index (χ2v) is 3.96. The van der Waals surface area contributed by atoms with Gasteiger partial charge in [-0.15, -0.1) is 0 Å². The van der Waals surface area contributed by atoms with E-state index in [1.54, 1.807) is 7.05 Å². The summed E-state index contributed by atoms with van der Waals surface area (Å²) in [4.78, 5) is 23.5. The van der Waals surface area contributed by atoms with Crippen molar-refractivity contribution in [2.24, 2.45) is 5.92 Å². The summed E-state index contributed by atoms with van der Waals surface area (Å²) in [6, 6.07) is -0.630. The van der Waals surface area contributed by atoms with Gasteiger partial charge in [0, 0.05) is 14.0 Å². The Morgan fingerprint density at radius 2 is 1.86 bits per heavy atom. The summed E-state index contributed by atoms with van der Waals surface area (Å²) in [6.45, 7) is 1.41. The molecule has 4 nitrogen and oxygen atoms in total. The number of likely N-dealkylation sites (N-methyl/N-ethyl adjacent to an activating group) is 1. The van der Waals surface area contributed by atoms with Crippen molar-refractivity contribution >= 4 is 11.9 Å². The number of nitrogens with zero attached hydrogens (tertiary/aromatic N) is 1. The molecule has 0 aliphatic heterocycles. The van der Waals surface area contributed by atoms with Gasteiger partial charge in [0.25, 0.3) is 0 Å². The van der Waals surface area contributed by atoms with Crippen LogP contribution in [0.15, 0.2) is 0 Å². The zero-order chi connectivity index (χ0) is 10.7. The van der Waals surface area contributed by atoms with Crippen molar-refractivity contribution in [3.63, 3.8) is 0 Å². The maximum absolute atomic E-state index is 11.1. The molecule has 0 heterocycles. The molecule has 0 bridgehead atoms. The van der Waals surface area contributed by atoms with Crippen molar-refractivity contribution in [3.8, 4) is 0 Å².